The quantitative estimate of drug-likeness (QED) is 0.323. The zero-order chi connectivity index (χ0) is 24.4. The molecule has 0 bridgehead atoms. The number of nitrogens with one attached hydrogen (secondary N) is 2. The Bertz CT molecular complexity index is 1160. The molecule has 2 N–H and O–H groups in total. The first-order valence-corrected chi connectivity index (χ1v) is 12.8. The second-order valence-corrected chi connectivity index (χ2v) is 9.30. The summed E-state index contributed by atoms with van der Waals surface area (Å²) >= 11 is 0. The number of unbranched alkanes of at least 4 members (excludes halogenated alkanes) is 2. The third-order valence-corrected chi connectivity index (χ3v) is 6.37. The van der Waals surface area contributed by atoms with E-state index in [1.165, 1.54) is 12.1 Å². The van der Waals surface area contributed by atoms with Crippen molar-refractivity contribution < 1.29 is 22.7 Å². The zero-order valence-electron chi connectivity index (χ0n) is 19.4. The van der Waals surface area contributed by atoms with Crippen molar-refractivity contribution >= 4 is 27.3 Å². The van der Waals surface area contributed by atoms with Crippen molar-refractivity contribution in [2.45, 2.75) is 38.0 Å². The maximum absolute atomic E-state index is 12.7. The van der Waals surface area contributed by atoms with Crippen molar-refractivity contribution in [3.8, 4) is 11.5 Å². The van der Waals surface area contributed by atoms with E-state index in [9.17, 15) is 13.2 Å². The SMILES string of the molecule is CCCCCOc1ccc(C(=O)Nc2ccc(S(=O)(=O)Nc3ccc(OCC)cc3)cc2)cc1. The number of rotatable bonds is 12. The number of carbonyl (C=O) groups is 1. The van der Waals surface area contributed by atoms with E-state index in [-0.39, 0.29) is 10.8 Å². The molecule has 0 unspecified atom stereocenters. The van der Waals surface area contributed by atoms with E-state index in [1.54, 1.807) is 60.7 Å². The summed E-state index contributed by atoms with van der Waals surface area (Å²) in [5.74, 6) is 1.10. The van der Waals surface area contributed by atoms with Gasteiger partial charge in [-0.3, -0.25) is 9.52 Å². The van der Waals surface area contributed by atoms with Gasteiger partial charge in [-0.25, -0.2) is 8.42 Å². The molecule has 0 aliphatic heterocycles. The second-order valence-electron chi connectivity index (χ2n) is 7.62. The van der Waals surface area contributed by atoms with Crippen LogP contribution in [0.2, 0.25) is 0 Å². The normalized spacial score (nSPS) is 11.0. The molecule has 1 amide bonds. The van der Waals surface area contributed by atoms with Crippen LogP contribution in [0.5, 0.6) is 11.5 Å². The van der Waals surface area contributed by atoms with Crippen LogP contribution in [0.15, 0.2) is 77.7 Å². The molecule has 0 radical (unpaired) electrons. The molecule has 0 saturated carbocycles. The molecule has 180 valence electrons. The van der Waals surface area contributed by atoms with E-state index in [4.69, 9.17) is 9.47 Å². The Morgan fingerprint density at radius 2 is 1.35 bits per heavy atom. The molecule has 0 aliphatic carbocycles. The first kappa shape index (κ1) is 25.1. The summed E-state index contributed by atoms with van der Waals surface area (Å²) in [6, 6.07) is 19.6. The lowest BCUT2D eigenvalue weighted by atomic mass is 10.2. The Kier molecular flexibility index (Phi) is 8.93. The van der Waals surface area contributed by atoms with E-state index in [1.807, 2.05) is 6.92 Å². The van der Waals surface area contributed by atoms with Gasteiger partial charge < -0.3 is 14.8 Å². The van der Waals surface area contributed by atoms with Crippen LogP contribution in [-0.2, 0) is 10.0 Å². The van der Waals surface area contributed by atoms with Gasteiger partial charge in [0.25, 0.3) is 15.9 Å². The highest BCUT2D eigenvalue weighted by Gasteiger charge is 2.15. The average Bonchev–Trinajstić information content (AvgIpc) is 2.84. The fourth-order valence-electron chi connectivity index (χ4n) is 3.17. The lowest BCUT2D eigenvalue weighted by Gasteiger charge is -2.11. The van der Waals surface area contributed by atoms with E-state index < -0.39 is 10.0 Å². The number of carbonyl (C=O) groups excluding carboxylic acids is 1. The number of amides is 1. The Morgan fingerprint density at radius 1 is 0.765 bits per heavy atom. The fraction of sp³-hybridized carbons (Fsp3) is 0.269. The molecule has 8 heteroatoms. The van der Waals surface area contributed by atoms with Crippen LogP contribution in [0.4, 0.5) is 11.4 Å². The van der Waals surface area contributed by atoms with Crippen molar-refractivity contribution in [2.75, 3.05) is 23.3 Å². The van der Waals surface area contributed by atoms with E-state index in [0.717, 1.165) is 25.0 Å². The molecule has 3 aromatic rings. The van der Waals surface area contributed by atoms with Crippen LogP contribution < -0.4 is 19.5 Å². The van der Waals surface area contributed by atoms with Crippen LogP contribution in [-0.4, -0.2) is 27.5 Å². The maximum atomic E-state index is 12.7. The summed E-state index contributed by atoms with van der Waals surface area (Å²) in [6.45, 7) is 5.21. The van der Waals surface area contributed by atoms with E-state index in [2.05, 4.69) is 17.0 Å². The summed E-state index contributed by atoms with van der Waals surface area (Å²) in [5, 5.41) is 2.78. The van der Waals surface area contributed by atoms with Gasteiger partial charge in [0.2, 0.25) is 0 Å². The van der Waals surface area contributed by atoms with Crippen molar-refractivity contribution in [2.24, 2.45) is 0 Å². The summed E-state index contributed by atoms with van der Waals surface area (Å²) < 4.78 is 38.9. The molecular weight excluding hydrogens is 452 g/mol. The predicted molar refractivity (Wildman–Crippen MR) is 134 cm³/mol. The minimum Gasteiger partial charge on any atom is -0.494 e. The summed E-state index contributed by atoms with van der Waals surface area (Å²) in [6.07, 6.45) is 3.26. The fourth-order valence-corrected chi connectivity index (χ4v) is 4.22. The molecule has 0 atom stereocenters. The average molecular weight is 483 g/mol. The van der Waals surface area contributed by atoms with Crippen molar-refractivity contribution in [3.05, 3.63) is 78.4 Å². The van der Waals surface area contributed by atoms with Crippen LogP contribution in [0.25, 0.3) is 0 Å². The highest BCUT2D eigenvalue weighted by atomic mass is 32.2. The Labute approximate surface area is 201 Å². The number of benzene rings is 3. The van der Waals surface area contributed by atoms with Crippen LogP contribution >= 0.6 is 0 Å². The van der Waals surface area contributed by atoms with Crippen molar-refractivity contribution in [1.82, 2.24) is 0 Å². The molecule has 7 nitrogen and oxygen atoms in total. The molecule has 0 spiro atoms. The smallest absolute Gasteiger partial charge is 0.261 e. The first-order valence-electron chi connectivity index (χ1n) is 11.3. The standard InChI is InChI=1S/C26H30N2O5S/c1-3-5-6-19-33-24-13-7-20(8-14-24)26(29)27-21-11-17-25(18-12-21)34(30,31)28-22-9-15-23(16-10-22)32-4-2/h7-18,28H,3-6,19H2,1-2H3,(H,27,29). The van der Waals surface area contributed by atoms with Gasteiger partial charge in [0.15, 0.2) is 0 Å². The molecule has 3 aromatic carbocycles. The molecular formula is C26H30N2O5S. The molecule has 3 rings (SSSR count). The molecule has 0 fully saturated rings. The molecule has 0 aliphatic rings. The maximum Gasteiger partial charge on any atom is 0.261 e. The van der Waals surface area contributed by atoms with Gasteiger partial charge in [0, 0.05) is 16.9 Å². The molecule has 0 saturated heterocycles. The minimum atomic E-state index is -3.77. The zero-order valence-corrected chi connectivity index (χ0v) is 20.2. The Morgan fingerprint density at radius 3 is 1.97 bits per heavy atom. The largest absolute Gasteiger partial charge is 0.494 e. The van der Waals surface area contributed by atoms with Gasteiger partial charge in [-0.15, -0.1) is 0 Å². The van der Waals surface area contributed by atoms with Gasteiger partial charge in [0.05, 0.1) is 18.1 Å². The van der Waals surface area contributed by atoms with Crippen LogP contribution in [0.1, 0.15) is 43.5 Å². The third kappa shape index (κ3) is 7.25. The van der Waals surface area contributed by atoms with Crippen molar-refractivity contribution in [1.29, 1.82) is 0 Å². The van der Waals surface area contributed by atoms with Gasteiger partial charge in [-0.05, 0) is 86.1 Å². The lowest BCUT2D eigenvalue weighted by molar-refractivity contribution is 0.102. The van der Waals surface area contributed by atoms with Crippen molar-refractivity contribution in [3.63, 3.8) is 0 Å². The van der Waals surface area contributed by atoms with E-state index in [0.29, 0.717) is 35.9 Å². The van der Waals surface area contributed by atoms with Gasteiger partial charge in [-0.1, -0.05) is 19.8 Å². The lowest BCUT2D eigenvalue weighted by Crippen LogP contribution is -2.14. The minimum absolute atomic E-state index is 0.0870. The predicted octanol–water partition coefficient (Wildman–Crippen LogP) is 5.71. The number of hydrogen-bond acceptors (Lipinski definition) is 5. The number of ether oxygens (including phenoxy) is 2. The van der Waals surface area contributed by atoms with E-state index >= 15 is 0 Å². The van der Waals surface area contributed by atoms with Gasteiger partial charge >= 0.3 is 0 Å². The third-order valence-electron chi connectivity index (χ3n) is 4.97. The summed E-state index contributed by atoms with van der Waals surface area (Å²) in [5.41, 5.74) is 1.40. The van der Waals surface area contributed by atoms with Crippen LogP contribution in [0, 0.1) is 0 Å². The number of sulfonamides is 1. The van der Waals surface area contributed by atoms with Crippen LogP contribution in [0.3, 0.4) is 0 Å². The van der Waals surface area contributed by atoms with Gasteiger partial charge in [-0.2, -0.15) is 0 Å². The highest BCUT2D eigenvalue weighted by molar-refractivity contribution is 7.92. The second kappa shape index (κ2) is 12.1. The molecule has 34 heavy (non-hydrogen) atoms. The summed E-state index contributed by atoms with van der Waals surface area (Å²) in [7, 11) is -3.77. The van der Waals surface area contributed by atoms with Gasteiger partial charge in [0.1, 0.15) is 11.5 Å². The Hall–Kier alpha value is -3.52. The summed E-state index contributed by atoms with van der Waals surface area (Å²) in [4.78, 5) is 12.6. The Balaban J connectivity index is 1.57. The molecule has 0 aromatic heterocycles. The molecule has 0 heterocycles. The monoisotopic (exact) mass is 482 g/mol. The topological polar surface area (TPSA) is 93.7 Å². The number of anilines is 2. The highest BCUT2D eigenvalue weighted by Crippen LogP contribution is 2.21. The number of hydrogen-bond donors (Lipinski definition) is 2. The first-order chi connectivity index (χ1) is 16.4.